The van der Waals surface area contributed by atoms with Crippen molar-refractivity contribution in [3.8, 4) is 6.07 Å². The molecule has 2 fully saturated rings. The monoisotopic (exact) mass is 320 g/mol. The first-order valence-electron chi connectivity index (χ1n) is 8.04. The zero-order valence-electron chi connectivity index (χ0n) is 12.9. The Morgan fingerprint density at radius 2 is 2.30 bits per heavy atom. The number of alkyl halides is 1. The molecule has 3 rings (SSSR count). The van der Waals surface area contributed by atoms with Gasteiger partial charge in [0, 0.05) is 19.0 Å². The Morgan fingerprint density at radius 1 is 1.43 bits per heavy atom. The smallest absolute Gasteiger partial charge is 0.237 e. The Hall–Kier alpha value is -2.01. The maximum atomic E-state index is 13.4. The molecule has 1 N–H and O–H groups in total. The molecule has 1 aliphatic carbocycles. The molecule has 4 atom stereocenters. The van der Waals surface area contributed by atoms with E-state index in [9.17, 15) is 9.18 Å². The maximum Gasteiger partial charge on any atom is 0.237 e. The van der Waals surface area contributed by atoms with Gasteiger partial charge in [-0.25, -0.2) is 9.37 Å². The lowest BCUT2D eigenvalue weighted by Gasteiger charge is -2.21. The number of likely N-dealkylation sites (tertiary alicyclic amines) is 1. The highest BCUT2D eigenvalue weighted by Crippen LogP contribution is 2.27. The molecule has 1 aromatic heterocycles. The summed E-state index contributed by atoms with van der Waals surface area (Å²) in [6.45, 7) is 1.06. The van der Waals surface area contributed by atoms with Crippen molar-refractivity contribution in [1.82, 2.24) is 25.0 Å². The molecule has 1 aliphatic heterocycles. The summed E-state index contributed by atoms with van der Waals surface area (Å²) in [6.07, 6.45) is 5.38. The quantitative estimate of drug-likeness (QED) is 0.853. The highest BCUT2D eigenvalue weighted by molar-refractivity contribution is 5.79. The molecule has 0 bridgehead atoms. The molecule has 0 aromatic carbocycles. The minimum Gasteiger partial charge on any atom is -0.323 e. The Morgan fingerprint density at radius 3 is 3.04 bits per heavy atom. The molecule has 0 spiro atoms. The summed E-state index contributed by atoms with van der Waals surface area (Å²) in [7, 11) is 0. The number of amides is 1. The standard InChI is InChI=1S/C15H21FN6O/c16-12-4-14(5-17)22(8-12)15(23)6-19-13-2-1-11(3-13)7-21-10-18-9-20-21/h9-14,19H,1-4,6-8H2/t11?,12-,13?,14-/m0/s1. The molecule has 2 aliphatic rings. The largest absolute Gasteiger partial charge is 0.323 e. The molecule has 1 amide bonds. The van der Waals surface area contributed by atoms with E-state index in [1.807, 2.05) is 10.8 Å². The summed E-state index contributed by atoms with van der Waals surface area (Å²) in [5, 5.41) is 16.4. The fourth-order valence-corrected chi connectivity index (χ4v) is 3.53. The van der Waals surface area contributed by atoms with Crippen LogP contribution in [-0.2, 0) is 11.3 Å². The number of carbonyl (C=O) groups excluding carboxylic acids is 1. The number of hydrogen-bond acceptors (Lipinski definition) is 5. The number of aromatic nitrogens is 3. The molecule has 1 saturated carbocycles. The van der Waals surface area contributed by atoms with Crippen LogP contribution in [0.3, 0.4) is 0 Å². The van der Waals surface area contributed by atoms with Gasteiger partial charge in [-0.05, 0) is 25.2 Å². The molecule has 1 aromatic rings. The van der Waals surface area contributed by atoms with Gasteiger partial charge in [-0.15, -0.1) is 0 Å². The van der Waals surface area contributed by atoms with E-state index in [0.29, 0.717) is 5.92 Å². The van der Waals surface area contributed by atoms with Crippen molar-refractivity contribution < 1.29 is 9.18 Å². The van der Waals surface area contributed by atoms with Crippen LogP contribution in [0.5, 0.6) is 0 Å². The van der Waals surface area contributed by atoms with E-state index >= 15 is 0 Å². The summed E-state index contributed by atoms with van der Waals surface area (Å²) in [6, 6.07) is 1.67. The van der Waals surface area contributed by atoms with E-state index in [-0.39, 0.29) is 31.5 Å². The van der Waals surface area contributed by atoms with Gasteiger partial charge < -0.3 is 10.2 Å². The molecule has 2 unspecified atom stereocenters. The molecule has 1 saturated heterocycles. The number of carbonyl (C=O) groups is 1. The molecule has 23 heavy (non-hydrogen) atoms. The average Bonchev–Trinajstić information content (AvgIpc) is 3.26. The average molecular weight is 320 g/mol. The van der Waals surface area contributed by atoms with Gasteiger partial charge in [0.15, 0.2) is 0 Å². The molecule has 124 valence electrons. The Balaban J connectivity index is 1.42. The van der Waals surface area contributed by atoms with Crippen LogP contribution >= 0.6 is 0 Å². The predicted molar refractivity (Wildman–Crippen MR) is 79.8 cm³/mol. The first-order chi connectivity index (χ1) is 11.2. The van der Waals surface area contributed by atoms with Crippen molar-refractivity contribution in [3.05, 3.63) is 12.7 Å². The lowest BCUT2D eigenvalue weighted by molar-refractivity contribution is -0.130. The summed E-state index contributed by atoms with van der Waals surface area (Å²) in [5.41, 5.74) is 0. The summed E-state index contributed by atoms with van der Waals surface area (Å²) in [4.78, 5) is 17.5. The van der Waals surface area contributed by atoms with Gasteiger partial charge in [0.25, 0.3) is 0 Å². The van der Waals surface area contributed by atoms with Gasteiger partial charge in [0.05, 0.1) is 19.2 Å². The first-order valence-corrected chi connectivity index (χ1v) is 8.04. The zero-order valence-corrected chi connectivity index (χ0v) is 12.9. The van der Waals surface area contributed by atoms with Crippen LogP contribution in [0.2, 0.25) is 0 Å². The Labute approximate surface area is 134 Å². The van der Waals surface area contributed by atoms with Gasteiger partial charge in [-0.2, -0.15) is 10.4 Å². The van der Waals surface area contributed by atoms with E-state index in [1.54, 1.807) is 6.33 Å². The highest BCUT2D eigenvalue weighted by atomic mass is 19.1. The summed E-state index contributed by atoms with van der Waals surface area (Å²) >= 11 is 0. The van der Waals surface area contributed by atoms with Crippen molar-refractivity contribution in [2.45, 2.75) is 50.5 Å². The van der Waals surface area contributed by atoms with Gasteiger partial charge in [-0.3, -0.25) is 9.48 Å². The first kappa shape index (κ1) is 15.9. The van der Waals surface area contributed by atoms with E-state index in [4.69, 9.17) is 5.26 Å². The molecule has 0 radical (unpaired) electrons. The maximum absolute atomic E-state index is 13.4. The molecule has 2 heterocycles. The molecule has 7 nitrogen and oxygen atoms in total. The van der Waals surface area contributed by atoms with E-state index in [1.165, 1.54) is 11.2 Å². The van der Waals surface area contributed by atoms with E-state index in [0.717, 1.165) is 25.8 Å². The second kappa shape index (κ2) is 7.04. The van der Waals surface area contributed by atoms with E-state index in [2.05, 4.69) is 15.4 Å². The second-order valence-corrected chi connectivity index (χ2v) is 6.40. The second-order valence-electron chi connectivity index (χ2n) is 6.40. The van der Waals surface area contributed by atoms with Crippen LogP contribution in [0.25, 0.3) is 0 Å². The van der Waals surface area contributed by atoms with Crippen LogP contribution in [0.15, 0.2) is 12.7 Å². The third-order valence-corrected chi connectivity index (χ3v) is 4.71. The van der Waals surface area contributed by atoms with Crippen LogP contribution in [0.1, 0.15) is 25.7 Å². The molecule has 8 heteroatoms. The highest BCUT2D eigenvalue weighted by Gasteiger charge is 2.35. The minimum atomic E-state index is -1.08. The van der Waals surface area contributed by atoms with Crippen LogP contribution in [0, 0.1) is 17.2 Å². The van der Waals surface area contributed by atoms with Crippen molar-refractivity contribution >= 4 is 5.91 Å². The number of rotatable bonds is 5. The third kappa shape index (κ3) is 3.85. The molecular formula is C15H21FN6O. The minimum absolute atomic E-state index is 0.0400. The van der Waals surface area contributed by atoms with Crippen molar-refractivity contribution in [1.29, 1.82) is 5.26 Å². The van der Waals surface area contributed by atoms with Crippen LogP contribution in [0.4, 0.5) is 4.39 Å². The topological polar surface area (TPSA) is 86.8 Å². The van der Waals surface area contributed by atoms with Gasteiger partial charge >= 0.3 is 0 Å². The number of hydrogen-bond donors (Lipinski definition) is 1. The third-order valence-electron chi connectivity index (χ3n) is 4.71. The number of halogens is 1. The normalized spacial score (nSPS) is 30.5. The fourth-order valence-electron chi connectivity index (χ4n) is 3.53. The zero-order chi connectivity index (χ0) is 16.2. The van der Waals surface area contributed by atoms with Crippen molar-refractivity contribution in [3.63, 3.8) is 0 Å². The van der Waals surface area contributed by atoms with Gasteiger partial charge in [-0.1, -0.05) is 0 Å². The lowest BCUT2D eigenvalue weighted by atomic mass is 10.1. The fraction of sp³-hybridized carbons (Fsp3) is 0.733. The van der Waals surface area contributed by atoms with Gasteiger partial charge in [0.1, 0.15) is 24.9 Å². The summed E-state index contributed by atoms with van der Waals surface area (Å²) < 4.78 is 15.2. The summed E-state index contributed by atoms with van der Waals surface area (Å²) in [5.74, 6) is 0.342. The van der Waals surface area contributed by atoms with E-state index < -0.39 is 12.2 Å². The number of nitriles is 1. The Bertz CT molecular complexity index is 571. The SMILES string of the molecule is N#C[C@@H]1C[C@H](F)CN1C(=O)CNC1CCC(Cn2cncn2)C1. The number of nitrogens with one attached hydrogen (secondary N) is 1. The number of nitrogens with zero attached hydrogens (tertiary/aromatic N) is 5. The van der Waals surface area contributed by atoms with Crippen LogP contribution < -0.4 is 5.32 Å². The predicted octanol–water partition coefficient (Wildman–Crippen LogP) is 0.499. The van der Waals surface area contributed by atoms with Gasteiger partial charge in [0.2, 0.25) is 5.91 Å². The van der Waals surface area contributed by atoms with Crippen LogP contribution in [-0.4, -0.2) is 56.9 Å². The van der Waals surface area contributed by atoms with Crippen molar-refractivity contribution in [2.24, 2.45) is 5.92 Å². The Kier molecular flexibility index (Phi) is 4.86. The van der Waals surface area contributed by atoms with Crippen molar-refractivity contribution in [2.75, 3.05) is 13.1 Å². The molecular weight excluding hydrogens is 299 g/mol. The lowest BCUT2D eigenvalue weighted by Crippen LogP contribution is -2.43.